The summed E-state index contributed by atoms with van der Waals surface area (Å²) in [6.07, 6.45) is 3.09. The van der Waals surface area contributed by atoms with E-state index >= 15 is 0 Å². The average Bonchev–Trinajstić information content (AvgIpc) is 2.34. The van der Waals surface area contributed by atoms with Gasteiger partial charge < -0.3 is 14.7 Å². The van der Waals surface area contributed by atoms with Gasteiger partial charge in [-0.15, -0.1) is 0 Å². The first kappa shape index (κ1) is 13.8. The Hall–Kier alpha value is -0.610. The summed E-state index contributed by atoms with van der Waals surface area (Å²) in [5.41, 5.74) is -0.0601. The molecule has 0 saturated carbocycles. The second kappa shape index (κ2) is 5.57. The number of β-amino-alcohol motifs (C(OH)–C–C–N with tert-alkyl or cyclic N) is 1. The Balaban J connectivity index is 1.82. The van der Waals surface area contributed by atoms with Gasteiger partial charge in [-0.1, -0.05) is 13.8 Å². The van der Waals surface area contributed by atoms with Crippen molar-refractivity contribution >= 4 is 5.91 Å². The Kier molecular flexibility index (Phi) is 4.28. The van der Waals surface area contributed by atoms with E-state index in [4.69, 9.17) is 4.74 Å². The molecule has 0 aromatic carbocycles. The molecule has 0 aromatic heterocycles. The van der Waals surface area contributed by atoms with Crippen LogP contribution in [0.4, 0.5) is 0 Å². The molecular formula is C14H25NO3. The Morgan fingerprint density at radius 2 is 2.06 bits per heavy atom. The fraction of sp³-hybridized carbons (Fsp3) is 0.929. The Bertz CT molecular complexity index is 297. The van der Waals surface area contributed by atoms with E-state index in [1.807, 2.05) is 4.90 Å². The number of hydrogen-bond acceptors (Lipinski definition) is 3. The highest BCUT2D eigenvalue weighted by atomic mass is 16.5. The summed E-state index contributed by atoms with van der Waals surface area (Å²) in [6.45, 7) is 6.98. The fourth-order valence-corrected chi connectivity index (χ4v) is 2.69. The number of hydrogen-bond donors (Lipinski definition) is 1. The number of aliphatic hydroxyl groups is 1. The van der Waals surface area contributed by atoms with Crippen molar-refractivity contribution in [3.8, 4) is 0 Å². The molecular weight excluding hydrogens is 230 g/mol. The van der Waals surface area contributed by atoms with E-state index in [9.17, 15) is 9.90 Å². The van der Waals surface area contributed by atoms with E-state index in [-0.39, 0.29) is 11.3 Å². The molecule has 2 saturated heterocycles. The van der Waals surface area contributed by atoms with E-state index in [1.54, 1.807) is 0 Å². The zero-order valence-corrected chi connectivity index (χ0v) is 11.5. The first-order valence-corrected chi connectivity index (χ1v) is 7.02. The molecule has 0 aliphatic carbocycles. The van der Waals surface area contributed by atoms with Gasteiger partial charge in [0.05, 0.1) is 6.10 Å². The number of likely N-dealkylation sites (tertiary alicyclic amines) is 1. The van der Waals surface area contributed by atoms with Gasteiger partial charge in [0.1, 0.15) is 0 Å². The van der Waals surface area contributed by atoms with Crippen LogP contribution in [0.25, 0.3) is 0 Å². The van der Waals surface area contributed by atoms with Crippen molar-refractivity contribution < 1.29 is 14.6 Å². The van der Waals surface area contributed by atoms with Crippen molar-refractivity contribution in [3.05, 3.63) is 0 Å². The average molecular weight is 255 g/mol. The molecule has 0 spiro atoms. The molecule has 2 heterocycles. The summed E-state index contributed by atoms with van der Waals surface area (Å²) in [7, 11) is 0. The molecule has 2 aliphatic heterocycles. The summed E-state index contributed by atoms with van der Waals surface area (Å²) in [5.74, 6) is 0.676. The summed E-state index contributed by atoms with van der Waals surface area (Å²) >= 11 is 0. The molecule has 2 fully saturated rings. The normalized spacial score (nSPS) is 29.3. The number of ether oxygens (including phenoxy) is 1. The molecule has 18 heavy (non-hydrogen) atoms. The first-order chi connectivity index (χ1) is 8.49. The lowest BCUT2D eigenvalue weighted by Gasteiger charge is -2.41. The maximum absolute atomic E-state index is 12.2. The van der Waals surface area contributed by atoms with Crippen LogP contribution in [0.2, 0.25) is 0 Å². The molecule has 2 aliphatic rings. The summed E-state index contributed by atoms with van der Waals surface area (Å²) in [5, 5.41) is 10.0. The van der Waals surface area contributed by atoms with Gasteiger partial charge in [0.2, 0.25) is 5.91 Å². The van der Waals surface area contributed by atoms with Crippen LogP contribution in [-0.4, -0.2) is 48.3 Å². The lowest BCUT2D eigenvalue weighted by atomic mass is 9.80. The van der Waals surface area contributed by atoms with Crippen LogP contribution in [-0.2, 0) is 9.53 Å². The van der Waals surface area contributed by atoms with Crippen LogP contribution < -0.4 is 0 Å². The van der Waals surface area contributed by atoms with Crippen LogP contribution in [0, 0.1) is 11.3 Å². The molecule has 1 amide bonds. The fourth-order valence-electron chi connectivity index (χ4n) is 2.69. The predicted octanol–water partition coefficient (Wildman–Crippen LogP) is 1.42. The summed E-state index contributed by atoms with van der Waals surface area (Å²) in [4.78, 5) is 14.0. The molecule has 4 heteroatoms. The Morgan fingerprint density at radius 3 is 2.67 bits per heavy atom. The van der Waals surface area contributed by atoms with Crippen molar-refractivity contribution in [2.45, 2.75) is 45.6 Å². The highest BCUT2D eigenvalue weighted by Crippen LogP contribution is 2.31. The molecule has 0 radical (unpaired) electrons. The molecule has 0 bridgehead atoms. The van der Waals surface area contributed by atoms with Gasteiger partial charge in [-0.05, 0) is 30.6 Å². The van der Waals surface area contributed by atoms with E-state index < -0.39 is 6.10 Å². The van der Waals surface area contributed by atoms with Crippen LogP contribution in [0.1, 0.15) is 39.5 Å². The van der Waals surface area contributed by atoms with E-state index in [0.29, 0.717) is 18.9 Å². The maximum atomic E-state index is 12.2. The zero-order chi connectivity index (χ0) is 13.2. The summed E-state index contributed by atoms with van der Waals surface area (Å²) < 4.78 is 5.31. The number of aliphatic hydroxyl groups excluding tert-OH is 1. The Labute approximate surface area is 109 Å². The van der Waals surface area contributed by atoms with Crippen molar-refractivity contribution in [3.63, 3.8) is 0 Å². The van der Waals surface area contributed by atoms with Gasteiger partial charge in [0.15, 0.2) is 0 Å². The quantitative estimate of drug-likeness (QED) is 0.812. The maximum Gasteiger partial charge on any atom is 0.222 e. The van der Waals surface area contributed by atoms with Crippen molar-refractivity contribution in [1.82, 2.24) is 4.90 Å². The van der Waals surface area contributed by atoms with Crippen LogP contribution in [0.15, 0.2) is 0 Å². The van der Waals surface area contributed by atoms with Crippen LogP contribution in [0.3, 0.4) is 0 Å². The predicted molar refractivity (Wildman–Crippen MR) is 69.1 cm³/mol. The minimum atomic E-state index is -0.398. The van der Waals surface area contributed by atoms with Gasteiger partial charge in [-0.25, -0.2) is 0 Å². The van der Waals surface area contributed by atoms with Gasteiger partial charge in [-0.3, -0.25) is 4.79 Å². The molecule has 1 N–H and O–H groups in total. The van der Waals surface area contributed by atoms with Crippen molar-refractivity contribution in [1.29, 1.82) is 0 Å². The van der Waals surface area contributed by atoms with Gasteiger partial charge in [-0.2, -0.15) is 0 Å². The SMILES string of the molecule is CC1(C)CCN(C(=O)CC2CCOCC2)CC1O. The number of piperidine rings is 1. The smallest absolute Gasteiger partial charge is 0.222 e. The minimum Gasteiger partial charge on any atom is -0.391 e. The number of nitrogens with zero attached hydrogens (tertiary/aromatic N) is 1. The summed E-state index contributed by atoms with van der Waals surface area (Å²) in [6, 6.07) is 0. The molecule has 2 rings (SSSR count). The van der Waals surface area contributed by atoms with Crippen LogP contribution in [0.5, 0.6) is 0 Å². The van der Waals surface area contributed by atoms with E-state index in [0.717, 1.165) is 39.0 Å². The van der Waals surface area contributed by atoms with Crippen molar-refractivity contribution in [2.24, 2.45) is 11.3 Å². The molecule has 104 valence electrons. The topological polar surface area (TPSA) is 49.8 Å². The number of carbonyl (C=O) groups is 1. The zero-order valence-electron chi connectivity index (χ0n) is 11.5. The number of carbonyl (C=O) groups excluding carboxylic acids is 1. The third-order valence-corrected chi connectivity index (χ3v) is 4.48. The first-order valence-electron chi connectivity index (χ1n) is 7.02. The van der Waals surface area contributed by atoms with Gasteiger partial charge in [0, 0.05) is 32.7 Å². The third-order valence-electron chi connectivity index (χ3n) is 4.48. The largest absolute Gasteiger partial charge is 0.391 e. The number of amides is 1. The lowest BCUT2D eigenvalue weighted by Crippen LogP contribution is -2.50. The highest BCUT2D eigenvalue weighted by Gasteiger charge is 2.36. The van der Waals surface area contributed by atoms with Gasteiger partial charge in [0.25, 0.3) is 0 Å². The van der Waals surface area contributed by atoms with Crippen LogP contribution >= 0.6 is 0 Å². The second-order valence-corrected chi connectivity index (χ2v) is 6.35. The van der Waals surface area contributed by atoms with E-state index in [1.165, 1.54) is 0 Å². The molecule has 1 atom stereocenters. The molecule has 0 aromatic rings. The second-order valence-electron chi connectivity index (χ2n) is 6.35. The van der Waals surface area contributed by atoms with Crippen molar-refractivity contribution in [2.75, 3.05) is 26.3 Å². The van der Waals surface area contributed by atoms with E-state index in [2.05, 4.69) is 13.8 Å². The number of rotatable bonds is 2. The monoisotopic (exact) mass is 255 g/mol. The molecule has 4 nitrogen and oxygen atoms in total. The minimum absolute atomic E-state index is 0.0601. The highest BCUT2D eigenvalue weighted by molar-refractivity contribution is 5.76. The standard InChI is InChI=1S/C14H25NO3/c1-14(2)5-6-15(10-12(14)16)13(17)9-11-3-7-18-8-4-11/h11-12,16H,3-10H2,1-2H3. The van der Waals surface area contributed by atoms with Gasteiger partial charge >= 0.3 is 0 Å². The Morgan fingerprint density at radius 1 is 1.39 bits per heavy atom. The third kappa shape index (κ3) is 3.23. The molecule has 1 unspecified atom stereocenters. The lowest BCUT2D eigenvalue weighted by molar-refractivity contribution is -0.139.